The second-order valence-electron chi connectivity index (χ2n) is 7.94. The normalized spacial score (nSPS) is 21.2. The lowest BCUT2D eigenvalue weighted by Crippen LogP contribution is -2.55. The van der Waals surface area contributed by atoms with Gasteiger partial charge in [-0.1, -0.05) is 0 Å². The third kappa shape index (κ3) is 5.58. The predicted octanol–water partition coefficient (Wildman–Crippen LogP) is 2.18. The fraction of sp³-hybridized carbons (Fsp3) is 0.545. The summed E-state index contributed by atoms with van der Waals surface area (Å²) in [5.74, 6) is 0.373. The Morgan fingerprint density at radius 3 is 2.70 bits per heavy atom. The van der Waals surface area contributed by atoms with E-state index in [-0.39, 0.29) is 30.5 Å². The topological polar surface area (TPSA) is 59.8 Å². The quantitative estimate of drug-likeness (QED) is 0.660. The van der Waals surface area contributed by atoms with E-state index in [0.29, 0.717) is 18.9 Å². The predicted molar refractivity (Wildman–Crippen MR) is 110 cm³/mol. The molecule has 2 saturated heterocycles. The molecule has 162 valence electrons. The Labute approximate surface area is 176 Å². The summed E-state index contributed by atoms with van der Waals surface area (Å²) < 4.78 is 26.4. The maximum Gasteiger partial charge on any atom is 0.248 e. The number of likely N-dealkylation sites (tertiary alicyclic amines) is 1. The average Bonchev–Trinajstić information content (AvgIpc) is 3.28. The highest BCUT2D eigenvalue weighted by atomic mass is 19.1. The van der Waals surface area contributed by atoms with Crippen LogP contribution in [0.5, 0.6) is 5.75 Å². The first-order valence-corrected chi connectivity index (χ1v) is 10.7. The van der Waals surface area contributed by atoms with E-state index in [4.69, 9.17) is 9.47 Å². The zero-order chi connectivity index (χ0) is 20.8. The van der Waals surface area contributed by atoms with Crippen LogP contribution < -0.4 is 4.74 Å². The van der Waals surface area contributed by atoms with Crippen molar-refractivity contribution >= 4 is 5.91 Å². The molecule has 0 N–H and O–H groups in total. The van der Waals surface area contributed by atoms with Gasteiger partial charge in [0.25, 0.3) is 0 Å². The molecular formula is C22H29FN4O3. The summed E-state index contributed by atoms with van der Waals surface area (Å²) >= 11 is 0. The summed E-state index contributed by atoms with van der Waals surface area (Å²) in [5.41, 5.74) is 0. The molecule has 1 aromatic carbocycles. The Hall–Kier alpha value is -2.45. The van der Waals surface area contributed by atoms with E-state index >= 15 is 0 Å². The zero-order valence-corrected chi connectivity index (χ0v) is 17.2. The molecule has 2 aliphatic rings. The minimum absolute atomic E-state index is 0.0603. The van der Waals surface area contributed by atoms with E-state index in [0.717, 1.165) is 45.4 Å². The van der Waals surface area contributed by atoms with Gasteiger partial charge in [0.1, 0.15) is 30.9 Å². The molecule has 2 fully saturated rings. The molecule has 1 aromatic heterocycles. The highest BCUT2D eigenvalue weighted by Crippen LogP contribution is 2.21. The number of carbonyl (C=O) groups is 1. The number of piperidine rings is 1. The number of halogens is 1. The van der Waals surface area contributed by atoms with Crippen molar-refractivity contribution in [3.8, 4) is 5.75 Å². The van der Waals surface area contributed by atoms with E-state index in [9.17, 15) is 9.18 Å². The van der Waals surface area contributed by atoms with Crippen LogP contribution in [0.2, 0.25) is 0 Å². The van der Waals surface area contributed by atoms with Crippen molar-refractivity contribution in [3.05, 3.63) is 48.5 Å². The van der Waals surface area contributed by atoms with Crippen molar-refractivity contribution in [2.75, 3.05) is 39.4 Å². The average molecular weight is 416 g/mol. The molecule has 2 aliphatic heterocycles. The number of hydrogen-bond acceptors (Lipinski definition) is 5. The number of aryl methyl sites for hydroxylation is 1. The van der Waals surface area contributed by atoms with Gasteiger partial charge in [-0.3, -0.25) is 9.48 Å². The first kappa shape index (κ1) is 20.8. The van der Waals surface area contributed by atoms with Crippen LogP contribution in [0.4, 0.5) is 4.39 Å². The molecule has 1 atom stereocenters. The SMILES string of the molecule is O=C1COC(COc2ccc(F)cc2)CN1C1CCN(CCCn2cccn2)CC1. The van der Waals surface area contributed by atoms with Crippen LogP contribution in [0.25, 0.3) is 0 Å². The number of benzene rings is 1. The van der Waals surface area contributed by atoms with E-state index in [1.807, 2.05) is 28.0 Å². The number of rotatable bonds is 8. The highest BCUT2D eigenvalue weighted by molar-refractivity contribution is 5.78. The van der Waals surface area contributed by atoms with Gasteiger partial charge >= 0.3 is 0 Å². The van der Waals surface area contributed by atoms with E-state index in [1.165, 1.54) is 12.1 Å². The van der Waals surface area contributed by atoms with Crippen LogP contribution in [-0.4, -0.2) is 77.0 Å². The molecule has 2 aromatic rings. The van der Waals surface area contributed by atoms with Crippen molar-refractivity contribution in [3.63, 3.8) is 0 Å². The van der Waals surface area contributed by atoms with Gasteiger partial charge < -0.3 is 19.3 Å². The summed E-state index contributed by atoms with van der Waals surface area (Å²) in [5, 5.41) is 4.24. The second kappa shape index (κ2) is 10.0. The minimum atomic E-state index is -0.291. The molecule has 0 bridgehead atoms. The first-order chi connectivity index (χ1) is 14.7. The summed E-state index contributed by atoms with van der Waals surface area (Å²) in [7, 11) is 0. The molecule has 0 saturated carbocycles. The molecule has 7 nitrogen and oxygen atoms in total. The standard InChI is InChI=1S/C22H29FN4O3/c23-18-3-5-20(6-4-18)29-16-21-15-27(22(28)17-30-21)19-7-13-25(14-8-19)10-2-12-26-11-1-9-24-26/h1,3-6,9,11,19,21H,2,7-8,10,12-17H2. The molecule has 3 heterocycles. The number of hydrogen-bond donors (Lipinski definition) is 0. The maximum absolute atomic E-state index is 13.0. The fourth-order valence-corrected chi connectivity index (χ4v) is 4.16. The molecule has 0 spiro atoms. The van der Waals surface area contributed by atoms with E-state index in [1.54, 1.807) is 12.1 Å². The third-order valence-electron chi connectivity index (χ3n) is 5.83. The van der Waals surface area contributed by atoms with Crippen LogP contribution in [-0.2, 0) is 16.1 Å². The number of nitrogens with zero attached hydrogens (tertiary/aromatic N) is 4. The van der Waals surface area contributed by atoms with Gasteiger partial charge in [0.15, 0.2) is 0 Å². The number of ether oxygens (including phenoxy) is 2. The Morgan fingerprint density at radius 1 is 1.17 bits per heavy atom. The summed E-state index contributed by atoms with van der Waals surface area (Å²) in [6.45, 7) is 4.99. The maximum atomic E-state index is 13.0. The van der Waals surface area contributed by atoms with Crippen molar-refractivity contribution < 1.29 is 18.7 Å². The number of carbonyl (C=O) groups excluding carboxylic acids is 1. The lowest BCUT2D eigenvalue weighted by molar-refractivity contribution is -0.155. The molecule has 0 aliphatic carbocycles. The Balaban J connectivity index is 1.20. The molecule has 0 radical (unpaired) electrons. The van der Waals surface area contributed by atoms with Crippen LogP contribution >= 0.6 is 0 Å². The fourth-order valence-electron chi connectivity index (χ4n) is 4.16. The summed E-state index contributed by atoms with van der Waals surface area (Å²) in [6.07, 6.45) is 6.68. The summed E-state index contributed by atoms with van der Waals surface area (Å²) in [4.78, 5) is 16.9. The molecule has 4 rings (SSSR count). The molecular weight excluding hydrogens is 387 g/mol. The molecule has 8 heteroatoms. The van der Waals surface area contributed by atoms with Gasteiger partial charge in [-0.25, -0.2) is 4.39 Å². The van der Waals surface area contributed by atoms with Crippen LogP contribution in [0.15, 0.2) is 42.7 Å². The van der Waals surface area contributed by atoms with Gasteiger partial charge in [0.05, 0.1) is 6.54 Å². The number of aromatic nitrogens is 2. The van der Waals surface area contributed by atoms with Gasteiger partial charge in [-0.2, -0.15) is 5.10 Å². The first-order valence-electron chi connectivity index (χ1n) is 10.7. The van der Waals surface area contributed by atoms with Crippen LogP contribution in [0.1, 0.15) is 19.3 Å². The van der Waals surface area contributed by atoms with Gasteiger partial charge in [-0.15, -0.1) is 0 Å². The minimum Gasteiger partial charge on any atom is -0.491 e. The van der Waals surface area contributed by atoms with Gasteiger partial charge in [0.2, 0.25) is 5.91 Å². The second-order valence-corrected chi connectivity index (χ2v) is 7.94. The zero-order valence-electron chi connectivity index (χ0n) is 17.2. The largest absolute Gasteiger partial charge is 0.491 e. The number of morpholine rings is 1. The lowest BCUT2D eigenvalue weighted by Gasteiger charge is -2.42. The Kier molecular flexibility index (Phi) is 6.96. The van der Waals surface area contributed by atoms with Crippen molar-refractivity contribution in [2.24, 2.45) is 0 Å². The van der Waals surface area contributed by atoms with Crippen molar-refractivity contribution in [1.29, 1.82) is 0 Å². The van der Waals surface area contributed by atoms with E-state index < -0.39 is 0 Å². The van der Waals surface area contributed by atoms with Gasteiger partial charge in [-0.05, 0) is 56.1 Å². The van der Waals surface area contributed by atoms with Crippen molar-refractivity contribution in [1.82, 2.24) is 19.6 Å². The number of amides is 1. The monoisotopic (exact) mass is 416 g/mol. The van der Waals surface area contributed by atoms with Crippen LogP contribution in [0.3, 0.4) is 0 Å². The molecule has 30 heavy (non-hydrogen) atoms. The van der Waals surface area contributed by atoms with Crippen molar-refractivity contribution in [2.45, 2.75) is 38.0 Å². The lowest BCUT2D eigenvalue weighted by atomic mass is 10.0. The molecule has 1 unspecified atom stereocenters. The third-order valence-corrected chi connectivity index (χ3v) is 5.83. The Morgan fingerprint density at radius 2 is 1.97 bits per heavy atom. The summed E-state index contributed by atoms with van der Waals surface area (Å²) in [6, 6.07) is 8.15. The smallest absolute Gasteiger partial charge is 0.248 e. The molecule has 1 amide bonds. The highest BCUT2D eigenvalue weighted by Gasteiger charge is 2.33. The van der Waals surface area contributed by atoms with E-state index in [2.05, 4.69) is 10.00 Å². The van der Waals surface area contributed by atoms with Gasteiger partial charge in [0, 0.05) is 38.1 Å². The van der Waals surface area contributed by atoms with Crippen LogP contribution in [0, 0.1) is 5.82 Å². The Bertz CT molecular complexity index is 791.